The molecule has 0 atom stereocenters. The standard InChI is InChI=1S/C12H11N5O4/c1-16-10(18)9(17(20)21)7-13-11(16)15-12(19)14-8-5-3-2-4-6-8/h2-7H,1H3,(H2,13,14,15,19). The van der Waals surface area contributed by atoms with Gasteiger partial charge in [0.2, 0.25) is 5.95 Å². The van der Waals surface area contributed by atoms with Crippen molar-refractivity contribution in [3.05, 3.63) is 57.0 Å². The molecular weight excluding hydrogens is 278 g/mol. The molecule has 2 N–H and O–H groups in total. The third kappa shape index (κ3) is 3.21. The fourth-order valence-electron chi connectivity index (χ4n) is 1.56. The SMILES string of the molecule is Cn1c(NC(=O)Nc2ccccc2)ncc([N+](=O)[O-])c1=O. The molecule has 0 aliphatic carbocycles. The monoisotopic (exact) mass is 289 g/mol. The maximum absolute atomic E-state index is 11.8. The van der Waals surface area contributed by atoms with Gasteiger partial charge in [0.25, 0.3) is 0 Å². The first-order chi connectivity index (χ1) is 9.99. The lowest BCUT2D eigenvalue weighted by molar-refractivity contribution is -0.386. The molecule has 0 aliphatic heterocycles. The Morgan fingerprint density at radius 1 is 1.29 bits per heavy atom. The van der Waals surface area contributed by atoms with Gasteiger partial charge in [-0.2, -0.15) is 0 Å². The molecular formula is C12H11N5O4. The molecule has 1 aromatic carbocycles. The summed E-state index contributed by atoms with van der Waals surface area (Å²) in [6, 6.07) is 8.04. The molecule has 0 bridgehead atoms. The zero-order valence-corrected chi connectivity index (χ0v) is 10.9. The average molecular weight is 289 g/mol. The van der Waals surface area contributed by atoms with Crippen molar-refractivity contribution in [1.29, 1.82) is 0 Å². The lowest BCUT2D eigenvalue weighted by Crippen LogP contribution is -2.28. The van der Waals surface area contributed by atoms with E-state index in [1.165, 1.54) is 7.05 Å². The number of nitrogens with one attached hydrogen (secondary N) is 2. The predicted molar refractivity (Wildman–Crippen MR) is 75.2 cm³/mol. The minimum absolute atomic E-state index is 0.0981. The molecule has 2 aromatic rings. The number of para-hydroxylation sites is 1. The largest absolute Gasteiger partial charge is 0.352 e. The van der Waals surface area contributed by atoms with Crippen LogP contribution in [0.4, 0.5) is 22.1 Å². The van der Waals surface area contributed by atoms with Crippen molar-refractivity contribution < 1.29 is 9.72 Å². The van der Waals surface area contributed by atoms with Gasteiger partial charge < -0.3 is 5.32 Å². The summed E-state index contributed by atoms with van der Waals surface area (Å²) in [7, 11) is 1.28. The highest BCUT2D eigenvalue weighted by Gasteiger charge is 2.17. The number of rotatable bonds is 3. The molecule has 2 rings (SSSR count). The van der Waals surface area contributed by atoms with Crippen molar-refractivity contribution in [3.8, 4) is 0 Å². The van der Waals surface area contributed by atoms with Crippen molar-refractivity contribution in [3.63, 3.8) is 0 Å². The summed E-state index contributed by atoms with van der Waals surface area (Å²) in [4.78, 5) is 36.9. The van der Waals surface area contributed by atoms with Crippen LogP contribution in [0.1, 0.15) is 0 Å². The summed E-state index contributed by atoms with van der Waals surface area (Å²) in [5, 5.41) is 15.5. The molecule has 0 aliphatic rings. The van der Waals surface area contributed by atoms with Crippen LogP contribution in [0.2, 0.25) is 0 Å². The van der Waals surface area contributed by atoms with Gasteiger partial charge in [-0.3, -0.25) is 24.8 Å². The average Bonchev–Trinajstić information content (AvgIpc) is 2.44. The first-order valence-corrected chi connectivity index (χ1v) is 5.82. The second kappa shape index (κ2) is 5.82. The Morgan fingerprint density at radius 2 is 1.95 bits per heavy atom. The van der Waals surface area contributed by atoms with E-state index in [0.29, 0.717) is 5.69 Å². The lowest BCUT2D eigenvalue weighted by Gasteiger charge is -2.09. The summed E-state index contributed by atoms with van der Waals surface area (Å²) < 4.78 is 0.892. The van der Waals surface area contributed by atoms with Crippen LogP contribution in [0, 0.1) is 10.1 Å². The number of aromatic nitrogens is 2. The van der Waals surface area contributed by atoms with Gasteiger partial charge in [-0.05, 0) is 12.1 Å². The van der Waals surface area contributed by atoms with E-state index in [1.807, 2.05) is 0 Å². The fourth-order valence-corrected chi connectivity index (χ4v) is 1.56. The summed E-state index contributed by atoms with van der Waals surface area (Å²) in [6.07, 6.45) is 0.806. The molecule has 1 aromatic heterocycles. The van der Waals surface area contributed by atoms with E-state index in [0.717, 1.165) is 10.8 Å². The number of carbonyl (C=O) groups excluding carboxylic acids is 1. The summed E-state index contributed by atoms with van der Waals surface area (Å²) >= 11 is 0. The summed E-state index contributed by atoms with van der Waals surface area (Å²) in [5.74, 6) is -0.0981. The number of urea groups is 1. The second-order valence-corrected chi connectivity index (χ2v) is 4.03. The zero-order chi connectivity index (χ0) is 15.4. The Balaban J connectivity index is 2.17. The van der Waals surface area contributed by atoms with Gasteiger partial charge in [-0.25, -0.2) is 9.78 Å². The van der Waals surface area contributed by atoms with Crippen LogP contribution >= 0.6 is 0 Å². The van der Waals surface area contributed by atoms with E-state index in [1.54, 1.807) is 30.3 Å². The number of carbonyl (C=O) groups is 1. The van der Waals surface area contributed by atoms with Gasteiger partial charge in [0.15, 0.2) is 0 Å². The van der Waals surface area contributed by atoms with Gasteiger partial charge in [0, 0.05) is 12.7 Å². The quantitative estimate of drug-likeness (QED) is 0.652. The van der Waals surface area contributed by atoms with Crippen LogP contribution < -0.4 is 16.2 Å². The van der Waals surface area contributed by atoms with Crippen molar-refractivity contribution >= 4 is 23.4 Å². The third-order valence-electron chi connectivity index (χ3n) is 2.60. The van der Waals surface area contributed by atoms with Crippen molar-refractivity contribution in [2.75, 3.05) is 10.6 Å². The van der Waals surface area contributed by atoms with Crippen molar-refractivity contribution in [1.82, 2.24) is 9.55 Å². The Hall–Kier alpha value is -3.23. The van der Waals surface area contributed by atoms with E-state index < -0.39 is 22.2 Å². The zero-order valence-electron chi connectivity index (χ0n) is 10.9. The van der Waals surface area contributed by atoms with Gasteiger partial charge in [-0.15, -0.1) is 0 Å². The molecule has 0 fully saturated rings. The van der Waals surface area contributed by atoms with Gasteiger partial charge >= 0.3 is 17.3 Å². The topological polar surface area (TPSA) is 119 Å². The molecule has 108 valence electrons. The second-order valence-electron chi connectivity index (χ2n) is 4.03. The third-order valence-corrected chi connectivity index (χ3v) is 2.60. The van der Waals surface area contributed by atoms with Crippen LogP contribution in [-0.2, 0) is 7.05 Å². The maximum Gasteiger partial charge on any atom is 0.352 e. The van der Waals surface area contributed by atoms with E-state index in [2.05, 4.69) is 15.6 Å². The van der Waals surface area contributed by atoms with Crippen LogP contribution in [0.25, 0.3) is 0 Å². The number of nitrogens with zero attached hydrogens (tertiary/aromatic N) is 3. The van der Waals surface area contributed by atoms with E-state index >= 15 is 0 Å². The summed E-state index contributed by atoms with van der Waals surface area (Å²) in [5.41, 5.74) is -0.960. The van der Waals surface area contributed by atoms with Gasteiger partial charge in [0.05, 0.1) is 4.92 Å². The first kappa shape index (κ1) is 14.2. The van der Waals surface area contributed by atoms with Gasteiger partial charge in [0.1, 0.15) is 6.20 Å². The van der Waals surface area contributed by atoms with E-state index in [-0.39, 0.29) is 5.95 Å². The number of benzene rings is 1. The number of hydrogen-bond donors (Lipinski definition) is 2. The molecule has 0 saturated heterocycles. The highest BCUT2D eigenvalue weighted by Crippen LogP contribution is 2.08. The number of amides is 2. The fraction of sp³-hybridized carbons (Fsp3) is 0.0833. The van der Waals surface area contributed by atoms with Crippen LogP contribution in [-0.4, -0.2) is 20.5 Å². The number of hydrogen-bond acceptors (Lipinski definition) is 5. The van der Waals surface area contributed by atoms with Crippen LogP contribution in [0.5, 0.6) is 0 Å². The molecule has 0 saturated carbocycles. The minimum Gasteiger partial charge on any atom is -0.308 e. The summed E-state index contributed by atoms with van der Waals surface area (Å²) in [6.45, 7) is 0. The molecule has 21 heavy (non-hydrogen) atoms. The van der Waals surface area contributed by atoms with Crippen molar-refractivity contribution in [2.24, 2.45) is 7.05 Å². The molecule has 9 heteroatoms. The minimum atomic E-state index is -0.856. The van der Waals surface area contributed by atoms with Crippen LogP contribution in [0.3, 0.4) is 0 Å². The highest BCUT2D eigenvalue weighted by molar-refractivity contribution is 5.98. The predicted octanol–water partition coefficient (Wildman–Crippen LogP) is 1.33. The Bertz CT molecular complexity index is 741. The van der Waals surface area contributed by atoms with Crippen molar-refractivity contribution in [2.45, 2.75) is 0 Å². The molecule has 0 radical (unpaired) electrons. The lowest BCUT2D eigenvalue weighted by atomic mass is 10.3. The maximum atomic E-state index is 11.8. The van der Waals surface area contributed by atoms with Crippen LogP contribution in [0.15, 0.2) is 41.3 Å². The number of nitro groups is 1. The number of anilines is 2. The van der Waals surface area contributed by atoms with E-state index in [4.69, 9.17) is 0 Å². The molecule has 0 spiro atoms. The van der Waals surface area contributed by atoms with Gasteiger partial charge in [-0.1, -0.05) is 18.2 Å². The molecule has 0 unspecified atom stereocenters. The van der Waals surface area contributed by atoms with E-state index in [9.17, 15) is 19.7 Å². The normalized spacial score (nSPS) is 9.95. The Labute approximate surface area is 118 Å². The highest BCUT2D eigenvalue weighted by atomic mass is 16.6. The molecule has 9 nitrogen and oxygen atoms in total. The smallest absolute Gasteiger partial charge is 0.308 e. The molecule has 2 amide bonds. The Kier molecular flexibility index (Phi) is 3.93. The Morgan fingerprint density at radius 3 is 2.57 bits per heavy atom. The molecule has 1 heterocycles. The first-order valence-electron chi connectivity index (χ1n) is 5.82.